The van der Waals surface area contributed by atoms with Gasteiger partial charge in [0, 0.05) is 12.2 Å². The maximum absolute atomic E-state index is 6.08. The smallest absolute Gasteiger partial charge is 0.106 e. The van der Waals surface area contributed by atoms with Crippen molar-refractivity contribution in [2.45, 2.75) is 39.2 Å². The summed E-state index contributed by atoms with van der Waals surface area (Å²) in [4.78, 5) is 4.69. The molecule has 1 aromatic carbocycles. The largest absolute Gasteiger partial charge is 0.328 e. The molecule has 0 radical (unpaired) electrons. The molecule has 0 amide bonds. The van der Waals surface area contributed by atoms with Crippen molar-refractivity contribution < 1.29 is 0 Å². The summed E-state index contributed by atoms with van der Waals surface area (Å²) in [6.07, 6.45) is 4.78. The van der Waals surface area contributed by atoms with Crippen LogP contribution in [0.25, 0.3) is 0 Å². The fraction of sp³-hybridized carbons (Fsp3) is 0.400. The Balaban J connectivity index is 1.94. The third-order valence-corrected chi connectivity index (χ3v) is 4.49. The molecule has 19 heavy (non-hydrogen) atoms. The molecule has 0 saturated carbocycles. The van der Waals surface area contributed by atoms with Crippen molar-refractivity contribution in [3.8, 4) is 0 Å². The van der Waals surface area contributed by atoms with Crippen LogP contribution < -0.4 is 0 Å². The quantitative estimate of drug-likeness (QED) is 0.801. The zero-order chi connectivity index (χ0) is 13.4. The van der Waals surface area contributed by atoms with E-state index in [4.69, 9.17) is 28.2 Å². The first-order valence-corrected chi connectivity index (χ1v) is 7.39. The highest BCUT2D eigenvalue weighted by Crippen LogP contribution is 2.26. The van der Waals surface area contributed by atoms with Gasteiger partial charge in [-0.1, -0.05) is 29.3 Å². The zero-order valence-corrected chi connectivity index (χ0v) is 12.4. The van der Waals surface area contributed by atoms with Crippen molar-refractivity contribution in [1.82, 2.24) is 9.55 Å². The number of halogens is 2. The standard InChI is InChI=1S/C15H16Cl2N2/c1-10-18-14-4-2-3-5-15(14)19(10)9-11-6-7-12(16)13(17)8-11/h6-8H,2-5,9H2,1H3. The van der Waals surface area contributed by atoms with Gasteiger partial charge in [-0.15, -0.1) is 0 Å². The molecular formula is C15H16Cl2N2. The number of hydrogen-bond acceptors (Lipinski definition) is 1. The van der Waals surface area contributed by atoms with Crippen LogP contribution in [0.5, 0.6) is 0 Å². The van der Waals surface area contributed by atoms with E-state index < -0.39 is 0 Å². The lowest BCUT2D eigenvalue weighted by molar-refractivity contribution is 0.624. The Bertz CT molecular complexity index is 617. The lowest BCUT2D eigenvalue weighted by Gasteiger charge is -2.15. The Morgan fingerprint density at radius 3 is 2.74 bits per heavy atom. The number of nitrogens with zero attached hydrogens (tertiary/aromatic N) is 2. The van der Waals surface area contributed by atoms with Crippen molar-refractivity contribution in [3.63, 3.8) is 0 Å². The van der Waals surface area contributed by atoms with Crippen LogP contribution in [0.15, 0.2) is 18.2 Å². The molecule has 1 aromatic heterocycles. The van der Waals surface area contributed by atoms with Gasteiger partial charge in [-0.25, -0.2) is 4.98 Å². The molecule has 4 heteroatoms. The van der Waals surface area contributed by atoms with Crippen LogP contribution in [0, 0.1) is 6.92 Å². The topological polar surface area (TPSA) is 17.8 Å². The fourth-order valence-corrected chi connectivity index (χ4v) is 3.09. The molecule has 100 valence electrons. The molecule has 2 nitrogen and oxygen atoms in total. The molecule has 3 rings (SSSR count). The molecule has 1 aliphatic carbocycles. The second-order valence-corrected chi connectivity index (χ2v) is 5.91. The van der Waals surface area contributed by atoms with Gasteiger partial charge in [0.25, 0.3) is 0 Å². The predicted molar refractivity (Wildman–Crippen MR) is 79.2 cm³/mol. The van der Waals surface area contributed by atoms with E-state index in [2.05, 4.69) is 11.5 Å². The summed E-state index contributed by atoms with van der Waals surface area (Å²) in [5, 5.41) is 1.22. The molecule has 0 spiro atoms. The average molecular weight is 295 g/mol. The molecule has 0 unspecified atom stereocenters. The summed E-state index contributed by atoms with van der Waals surface area (Å²) in [6, 6.07) is 5.83. The Hall–Kier alpha value is -0.990. The summed E-state index contributed by atoms with van der Waals surface area (Å²) in [5.74, 6) is 1.10. The second-order valence-electron chi connectivity index (χ2n) is 5.09. The average Bonchev–Trinajstić information content (AvgIpc) is 2.71. The number of fused-ring (bicyclic) bond motifs is 1. The Morgan fingerprint density at radius 2 is 1.95 bits per heavy atom. The third-order valence-electron chi connectivity index (χ3n) is 3.75. The van der Waals surface area contributed by atoms with Crippen LogP contribution in [0.2, 0.25) is 10.0 Å². The Labute approximate surface area is 123 Å². The van der Waals surface area contributed by atoms with E-state index in [1.54, 1.807) is 0 Å². The molecule has 0 saturated heterocycles. The van der Waals surface area contributed by atoms with Gasteiger partial charge in [-0.3, -0.25) is 0 Å². The molecule has 0 N–H and O–H groups in total. The van der Waals surface area contributed by atoms with Gasteiger partial charge >= 0.3 is 0 Å². The number of aryl methyl sites for hydroxylation is 2. The second kappa shape index (κ2) is 5.18. The predicted octanol–water partition coefficient (Wildman–Crippen LogP) is 4.43. The van der Waals surface area contributed by atoms with Gasteiger partial charge in [0.15, 0.2) is 0 Å². The lowest BCUT2D eigenvalue weighted by atomic mass is 10.0. The summed E-state index contributed by atoms with van der Waals surface area (Å²) in [5.41, 5.74) is 3.85. The van der Waals surface area contributed by atoms with Crippen molar-refractivity contribution in [2.75, 3.05) is 0 Å². The minimum Gasteiger partial charge on any atom is -0.328 e. The van der Waals surface area contributed by atoms with Gasteiger partial charge < -0.3 is 4.57 Å². The van der Waals surface area contributed by atoms with Gasteiger partial charge in [-0.05, 0) is 50.3 Å². The number of rotatable bonds is 2. The number of hydrogen-bond donors (Lipinski definition) is 0. The van der Waals surface area contributed by atoms with E-state index in [9.17, 15) is 0 Å². The number of benzene rings is 1. The van der Waals surface area contributed by atoms with E-state index >= 15 is 0 Å². The number of imidazole rings is 1. The van der Waals surface area contributed by atoms with E-state index in [1.807, 2.05) is 18.2 Å². The van der Waals surface area contributed by atoms with Crippen LogP contribution in [0.3, 0.4) is 0 Å². The lowest BCUT2D eigenvalue weighted by Crippen LogP contribution is -2.10. The highest BCUT2D eigenvalue weighted by Gasteiger charge is 2.18. The molecule has 1 aliphatic rings. The summed E-state index contributed by atoms with van der Waals surface area (Å²) < 4.78 is 2.31. The van der Waals surface area contributed by atoms with E-state index in [0.29, 0.717) is 10.0 Å². The fourth-order valence-electron chi connectivity index (χ4n) is 2.77. The first kappa shape index (κ1) is 13.0. The molecule has 0 fully saturated rings. The van der Waals surface area contributed by atoms with Gasteiger partial charge in [-0.2, -0.15) is 0 Å². The number of aromatic nitrogens is 2. The first-order chi connectivity index (χ1) is 9.15. The van der Waals surface area contributed by atoms with Crippen LogP contribution >= 0.6 is 23.2 Å². The van der Waals surface area contributed by atoms with Gasteiger partial charge in [0.2, 0.25) is 0 Å². The normalized spacial score (nSPS) is 14.5. The van der Waals surface area contributed by atoms with Gasteiger partial charge in [0.05, 0.1) is 15.7 Å². The van der Waals surface area contributed by atoms with E-state index in [1.165, 1.54) is 29.8 Å². The molecule has 2 aromatic rings. The SMILES string of the molecule is Cc1nc2c(n1Cc1ccc(Cl)c(Cl)c1)CCCC2. The van der Waals surface area contributed by atoms with Crippen LogP contribution in [-0.2, 0) is 19.4 Å². The van der Waals surface area contributed by atoms with Crippen LogP contribution in [0.1, 0.15) is 35.6 Å². The first-order valence-electron chi connectivity index (χ1n) is 6.64. The van der Waals surface area contributed by atoms with Crippen molar-refractivity contribution in [1.29, 1.82) is 0 Å². The molecular weight excluding hydrogens is 279 g/mol. The maximum Gasteiger partial charge on any atom is 0.106 e. The Morgan fingerprint density at radius 1 is 1.16 bits per heavy atom. The molecule has 1 heterocycles. The van der Waals surface area contributed by atoms with Crippen LogP contribution in [-0.4, -0.2) is 9.55 Å². The molecule has 0 atom stereocenters. The highest BCUT2D eigenvalue weighted by atomic mass is 35.5. The summed E-state index contributed by atoms with van der Waals surface area (Å²) in [7, 11) is 0. The highest BCUT2D eigenvalue weighted by molar-refractivity contribution is 6.42. The molecule has 0 aliphatic heterocycles. The van der Waals surface area contributed by atoms with Gasteiger partial charge in [0.1, 0.15) is 5.82 Å². The third kappa shape index (κ3) is 2.52. The van der Waals surface area contributed by atoms with Crippen molar-refractivity contribution in [3.05, 3.63) is 51.0 Å². The van der Waals surface area contributed by atoms with E-state index in [0.717, 1.165) is 25.2 Å². The Kier molecular flexibility index (Phi) is 3.55. The van der Waals surface area contributed by atoms with Crippen LogP contribution in [0.4, 0.5) is 0 Å². The van der Waals surface area contributed by atoms with Crippen molar-refractivity contribution in [2.24, 2.45) is 0 Å². The zero-order valence-electron chi connectivity index (χ0n) is 10.9. The minimum atomic E-state index is 0.606. The maximum atomic E-state index is 6.08. The monoisotopic (exact) mass is 294 g/mol. The summed E-state index contributed by atoms with van der Waals surface area (Å²) >= 11 is 12.0. The molecule has 0 bridgehead atoms. The summed E-state index contributed by atoms with van der Waals surface area (Å²) in [6.45, 7) is 2.90. The van der Waals surface area contributed by atoms with Crippen molar-refractivity contribution >= 4 is 23.2 Å². The van der Waals surface area contributed by atoms with E-state index in [-0.39, 0.29) is 0 Å². The minimum absolute atomic E-state index is 0.606.